The highest BCUT2D eigenvalue weighted by atomic mass is 16.5. The van der Waals surface area contributed by atoms with E-state index in [0.717, 1.165) is 43.3 Å². The number of ether oxygens (including phenoxy) is 1. The highest BCUT2D eigenvalue weighted by Gasteiger charge is 2.24. The summed E-state index contributed by atoms with van der Waals surface area (Å²) in [5, 5.41) is 3.86. The van der Waals surface area contributed by atoms with Gasteiger partial charge in [0.25, 0.3) is 5.91 Å². The van der Waals surface area contributed by atoms with E-state index in [4.69, 9.17) is 14.9 Å². The first kappa shape index (κ1) is 21.3. The summed E-state index contributed by atoms with van der Waals surface area (Å²) in [5.74, 6) is -0.183. The fraction of sp³-hybridized carbons (Fsp3) is 0.545. The number of benzene rings is 1. The molecule has 7 heteroatoms. The van der Waals surface area contributed by atoms with Gasteiger partial charge < -0.3 is 25.1 Å². The standard InChI is InChI=1S/C22H31N3O4/c1-15(2)28-14-18-17-8-3-4-9-19(17)29-20(18)22(27)24-10-6-12-25-11-5-7-16(13-25)21(23)26/h3-4,8-9,15-16H,5-7,10-14H2,1-2H3,(H2,23,26)(H,24,27). The number of likely N-dealkylation sites (tertiary alicyclic amines) is 1. The summed E-state index contributed by atoms with van der Waals surface area (Å²) in [7, 11) is 0. The number of primary amides is 1. The molecule has 2 heterocycles. The van der Waals surface area contributed by atoms with Crippen LogP contribution >= 0.6 is 0 Å². The van der Waals surface area contributed by atoms with Gasteiger partial charge in [0.15, 0.2) is 5.76 Å². The van der Waals surface area contributed by atoms with Crippen LogP contribution in [0.4, 0.5) is 0 Å². The van der Waals surface area contributed by atoms with Crippen molar-refractivity contribution in [3.8, 4) is 0 Å². The third-order valence-corrected chi connectivity index (χ3v) is 5.31. The molecular formula is C22H31N3O4. The van der Waals surface area contributed by atoms with Crippen LogP contribution in [0.5, 0.6) is 0 Å². The van der Waals surface area contributed by atoms with Gasteiger partial charge in [0.1, 0.15) is 5.58 Å². The number of nitrogens with one attached hydrogen (secondary N) is 1. The lowest BCUT2D eigenvalue weighted by atomic mass is 9.97. The van der Waals surface area contributed by atoms with E-state index < -0.39 is 0 Å². The zero-order valence-electron chi connectivity index (χ0n) is 17.3. The zero-order chi connectivity index (χ0) is 20.8. The fourth-order valence-corrected chi connectivity index (χ4v) is 3.75. The van der Waals surface area contributed by atoms with Crippen LogP contribution in [0.15, 0.2) is 28.7 Å². The van der Waals surface area contributed by atoms with Gasteiger partial charge in [-0.05, 0) is 52.3 Å². The number of nitrogens with zero attached hydrogens (tertiary/aromatic N) is 1. The molecular weight excluding hydrogens is 370 g/mol. The highest BCUT2D eigenvalue weighted by molar-refractivity contribution is 5.99. The van der Waals surface area contributed by atoms with Gasteiger partial charge in [-0.15, -0.1) is 0 Å². The van der Waals surface area contributed by atoms with Crippen molar-refractivity contribution in [2.24, 2.45) is 11.7 Å². The minimum atomic E-state index is -0.225. The van der Waals surface area contributed by atoms with Gasteiger partial charge in [-0.3, -0.25) is 9.59 Å². The van der Waals surface area contributed by atoms with Crippen molar-refractivity contribution in [2.75, 3.05) is 26.2 Å². The van der Waals surface area contributed by atoms with Crippen LogP contribution in [0.3, 0.4) is 0 Å². The molecule has 0 saturated carbocycles. The molecule has 1 aliphatic rings. The average molecular weight is 402 g/mol. The average Bonchev–Trinajstić information content (AvgIpc) is 3.08. The maximum Gasteiger partial charge on any atom is 0.287 e. The number of amides is 2. The van der Waals surface area contributed by atoms with Crippen LogP contribution in [0.25, 0.3) is 11.0 Å². The summed E-state index contributed by atoms with van der Waals surface area (Å²) >= 11 is 0. The van der Waals surface area contributed by atoms with E-state index in [-0.39, 0.29) is 23.8 Å². The fourth-order valence-electron chi connectivity index (χ4n) is 3.75. The third kappa shape index (κ3) is 5.58. The second-order valence-corrected chi connectivity index (χ2v) is 7.92. The monoisotopic (exact) mass is 401 g/mol. The molecule has 3 rings (SSSR count). The molecule has 0 radical (unpaired) electrons. The molecule has 1 atom stereocenters. The van der Waals surface area contributed by atoms with E-state index in [0.29, 0.717) is 31.0 Å². The van der Waals surface area contributed by atoms with Crippen molar-refractivity contribution in [3.05, 3.63) is 35.6 Å². The number of carbonyl (C=O) groups excluding carboxylic acids is 2. The van der Waals surface area contributed by atoms with Crippen molar-refractivity contribution >= 4 is 22.8 Å². The lowest BCUT2D eigenvalue weighted by Crippen LogP contribution is -2.42. The summed E-state index contributed by atoms with van der Waals surface area (Å²) < 4.78 is 11.6. The van der Waals surface area contributed by atoms with E-state index in [1.165, 1.54) is 0 Å². The highest BCUT2D eigenvalue weighted by Crippen LogP contribution is 2.27. The second-order valence-electron chi connectivity index (χ2n) is 7.92. The molecule has 0 spiro atoms. The lowest BCUT2D eigenvalue weighted by molar-refractivity contribution is -0.123. The molecule has 1 unspecified atom stereocenters. The number of piperidine rings is 1. The molecule has 158 valence electrons. The maximum absolute atomic E-state index is 12.7. The van der Waals surface area contributed by atoms with E-state index >= 15 is 0 Å². The number of fused-ring (bicyclic) bond motifs is 1. The van der Waals surface area contributed by atoms with Crippen molar-refractivity contribution < 1.29 is 18.7 Å². The normalized spacial score (nSPS) is 17.7. The number of para-hydroxylation sites is 1. The smallest absolute Gasteiger partial charge is 0.287 e. The molecule has 0 bridgehead atoms. The molecule has 1 aromatic heterocycles. The van der Waals surface area contributed by atoms with Crippen LogP contribution in [0, 0.1) is 5.92 Å². The van der Waals surface area contributed by atoms with Gasteiger partial charge in [0.05, 0.1) is 18.6 Å². The summed E-state index contributed by atoms with van der Waals surface area (Å²) in [5.41, 5.74) is 6.90. The Labute approximate surface area is 171 Å². The first-order valence-electron chi connectivity index (χ1n) is 10.4. The summed E-state index contributed by atoms with van der Waals surface area (Å²) in [6.07, 6.45) is 2.72. The second kappa shape index (κ2) is 9.89. The third-order valence-electron chi connectivity index (χ3n) is 5.31. The number of hydrogen-bond donors (Lipinski definition) is 2. The number of nitrogens with two attached hydrogens (primary N) is 1. The molecule has 3 N–H and O–H groups in total. The molecule has 7 nitrogen and oxygen atoms in total. The molecule has 0 aliphatic carbocycles. The summed E-state index contributed by atoms with van der Waals surface area (Å²) in [6.45, 7) is 7.31. The Kier molecular flexibility index (Phi) is 7.28. The van der Waals surface area contributed by atoms with Crippen LogP contribution < -0.4 is 11.1 Å². The summed E-state index contributed by atoms with van der Waals surface area (Å²) in [6, 6.07) is 7.62. The van der Waals surface area contributed by atoms with E-state index in [9.17, 15) is 9.59 Å². The van der Waals surface area contributed by atoms with Gasteiger partial charge in [0.2, 0.25) is 5.91 Å². The predicted octanol–water partition coefficient (Wildman–Crippen LogP) is 2.68. The Bertz CT molecular complexity index is 846. The minimum absolute atomic E-state index is 0.0580. The molecule has 2 amide bonds. The largest absolute Gasteiger partial charge is 0.451 e. The van der Waals surface area contributed by atoms with E-state index in [1.807, 2.05) is 38.1 Å². The van der Waals surface area contributed by atoms with Gasteiger partial charge in [-0.25, -0.2) is 0 Å². The van der Waals surface area contributed by atoms with Gasteiger partial charge in [0, 0.05) is 24.0 Å². The van der Waals surface area contributed by atoms with Crippen LogP contribution in [-0.4, -0.2) is 49.0 Å². The van der Waals surface area contributed by atoms with E-state index in [2.05, 4.69) is 10.2 Å². The molecule has 2 aromatic rings. The zero-order valence-corrected chi connectivity index (χ0v) is 17.3. The number of carbonyl (C=O) groups is 2. The quantitative estimate of drug-likeness (QED) is 0.630. The topological polar surface area (TPSA) is 97.8 Å². The Morgan fingerprint density at radius 1 is 1.34 bits per heavy atom. The van der Waals surface area contributed by atoms with Crippen molar-refractivity contribution in [1.29, 1.82) is 0 Å². The number of furan rings is 1. The lowest BCUT2D eigenvalue weighted by Gasteiger charge is -2.31. The number of rotatable bonds is 9. The maximum atomic E-state index is 12.7. The Balaban J connectivity index is 1.56. The Hall–Kier alpha value is -2.38. The minimum Gasteiger partial charge on any atom is -0.451 e. The Morgan fingerprint density at radius 2 is 2.14 bits per heavy atom. The summed E-state index contributed by atoms with van der Waals surface area (Å²) in [4.78, 5) is 26.4. The van der Waals surface area contributed by atoms with Gasteiger partial charge in [-0.2, -0.15) is 0 Å². The van der Waals surface area contributed by atoms with Gasteiger partial charge >= 0.3 is 0 Å². The molecule has 29 heavy (non-hydrogen) atoms. The van der Waals surface area contributed by atoms with Crippen molar-refractivity contribution in [1.82, 2.24) is 10.2 Å². The first-order valence-corrected chi connectivity index (χ1v) is 10.4. The van der Waals surface area contributed by atoms with Crippen LogP contribution in [0.2, 0.25) is 0 Å². The molecule has 1 aromatic carbocycles. The SMILES string of the molecule is CC(C)OCc1c(C(=O)NCCCN2CCCC(C(N)=O)C2)oc2ccccc12. The van der Waals surface area contributed by atoms with Crippen molar-refractivity contribution in [3.63, 3.8) is 0 Å². The first-order chi connectivity index (χ1) is 14.0. The van der Waals surface area contributed by atoms with Gasteiger partial charge in [-0.1, -0.05) is 18.2 Å². The number of hydrogen-bond acceptors (Lipinski definition) is 5. The van der Waals surface area contributed by atoms with E-state index in [1.54, 1.807) is 0 Å². The van der Waals surface area contributed by atoms with Crippen LogP contribution in [-0.2, 0) is 16.1 Å². The molecule has 1 fully saturated rings. The predicted molar refractivity (Wildman–Crippen MR) is 111 cm³/mol. The van der Waals surface area contributed by atoms with Crippen LogP contribution in [0.1, 0.15) is 49.2 Å². The van der Waals surface area contributed by atoms with Crippen molar-refractivity contribution in [2.45, 2.75) is 45.8 Å². The molecule has 1 saturated heterocycles. The Morgan fingerprint density at radius 3 is 2.90 bits per heavy atom. The molecule has 1 aliphatic heterocycles.